The van der Waals surface area contributed by atoms with Gasteiger partial charge in [-0.15, -0.1) is 11.8 Å². The van der Waals surface area contributed by atoms with Gasteiger partial charge in [0.1, 0.15) is 0 Å². The first kappa shape index (κ1) is 14.1. The number of hydrogen-bond acceptors (Lipinski definition) is 5. The molecule has 0 heterocycles. The van der Waals surface area contributed by atoms with Crippen LogP contribution in [0.5, 0.6) is 5.75 Å². The van der Waals surface area contributed by atoms with Crippen molar-refractivity contribution in [3.63, 3.8) is 0 Å². The van der Waals surface area contributed by atoms with E-state index in [-0.39, 0.29) is 11.4 Å². The molecule has 102 valence electrons. The SMILES string of the molecule is CSc1ccccc1N=Cc1ccc(O)c([N+](=O)[O-])c1. The molecule has 0 bridgehead atoms. The summed E-state index contributed by atoms with van der Waals surface area (Å²) >= 11 is 1.58. The van der Waals surface area contributed by atoms with E-state index in [1.165, 1.54) is 12.1 Å². The molecule has 5 nitrogen and oxygen atoms in total. The largest absolute Gasteiger partial charge is 0.502 e. The maximum atomic E-state index is 10.7. The van der Waals surface area contributed by atoms with Gasteiger partial charge in [0.25, 0.3) is 0 Å². The van der Waals surface area contributed by atoms with Gasteiger partial charge in [0.15, 0.2) is 5.75 Å². The Morgan fingerprint density at radius 3 is 2.75 bits per heavy atom. The molecule has 20 heavy (non-hydrogen) atoms. The van der Waals surface area contributed by atoms with Gasteiger partial charge in [0, 0.05) is 17.2 Å². The summed E-state index contributed by atoms with van der Waals surface area (Å²) in [7, 11) is 0. The first-order chi connectivity index (χ1) is 9.61. The fourth-order valence-corrected chi connectivity index (χ4v) is 2.19. The standard InChI is InChI=1S/C14H12N2O3S/c1-20-14-5-3-2-4-11(14)15-9-10-6-7-13(17)12(8-10)16(18)19/h2-9,17H,1H3. The number of rotatable bonds is 4. The number of aliphatic imine (C=N–C) groups is 1. The van der Waals surface area contributed by atoms with Crippen molar-refractivity contribution in [2.24, 2.45) is 4.99 Å². The van der Waals surface area contributed by atoms with Crippen LogP contribution in [0.1, 0.15) is 5.56 Å². The Morgan fingerprint density at radius 2 is 2.05 bits per heavy atom. The summed E-state index contributed by atoms with van der Waals surface area (Å²) in [6.07, 6.45) is 3.50. The Hall–Kier alpha value is -2.34. The second-order valence-electron chi connectivity index (χ2n) is 3.94. The van der Waals surface area contributed by atoms with Crippen LogP contribution in [0.4, 0.5) is 11.4 Å². The maximum Gasteiger partial charge on any atom is 0.311 e. The minimum atomic E-state index is -0.623. The van der Waals surface area contributed by atoms with Crippen LogP contribution in [0.3, 0.4) is 0 Å². The summed E-state index contributed by atoms with van der Waals surface area (Å²) in [5.41, 5.74) is 1.04. The van der Waals surface area contributed by atoms with Crippen molar-refractivity contribution < 1.29 is 10.0 Å². The molecule has 0 amide bonds. The van der Waals surface area contributed by atoms with Crippen LogP contribution in [-0.4, -0.2) is 22.5 Å². The number of benzene rings is 2. The third kappa shape index (κ3) is 3.16. The maximum absolute atomic E-state index is 10.7. The molecule has 2 aromatic carbocycles. The number of phenols is 1. The van der Waals surface area contributed by atoms with Gasteiger partial charge >= 0.3 is 5.69 Å². The molecule has 0 saturated heterocycles. The highest BCUT2D eigenvalue weighted by atomic mass is 32.2. The predicted molar refractivity (Wildman–Crippen MR) is 80.2 cm³/mol. The zero-order chi connectivity index (χ0) is 14.5. The normalized spacial score (nSPS) is 10.8. The number of para-hydroxylation sites is 1. The zero-order valence-electron chi connectivity index (χ0n) is 10.7. The highest BCUT2D eigenvalue weighted by molar-refractivity contribution is 7.98. The fourth-order valence-electron chi connectivity index (χ4n) is 1.65. The van der Waals surface area contributed by atoms with Gasteiger partial charge in [-0.2, -0.15) is 0 Å². The van der Waals surface area contributed by atoms with Gasteiger partial charge in [-0.1, -0.05) is 12.1 Å². The summed E-state index contributed by atoms with van der Waals surface area (Å²) in [5, 5.41) is 20.1. The zero-order valence-corrected chi connectivity index (χ0v) is 11.5. The van der Waals surface area contributed by atoms with Crippen molar-refractivity contribution in [2.45, 2.75) is 4.90 Å². The van der Waals surface area contributed by atoms with Gasteiger partial charge in [-0.3, -0.25) is 15.1 Å². The lowest BCUT2D eigenvalue weighted by atomic mass is 10.2. The van der Waals surface area contributed by atoms with Gasteiger partial charge in [-0.05, 0) is 36.1 Å². The highest BCUT2D eigenvalue weighted by Gasteiger charge is 2.12. The molecule has 0 saturated carbocycles. The molecule has 0 spiro atoms. The molecular weight excluding hydrogens is 276 g/mol. The summed E-state index contributed by atoms with van der Waals surface area (Å²) < 4.78 is 0. The minimum Gasteiger partial charge on any atom is -0.502 e. The highest BCUT2D eigenvalue weighted by Crippen LogP contribution is 2.28. The molecule has 0 atom stereocenters. The van der Waals surface area contributed by atoms with E-state index in [4.69, 9.17) is 0 Å². The first-order valence-electron chi connectivity index (χ1n) is 5.76. The number of nitrogens with zero attached hydrogens (tertiary/aromatic N) is 2. The van der Waals surface area contributed by atoms with Crippen LogP contribution in [0.15, 0.2) is 52.4 Å². The number of phenolic OH excluding ortho intramolecular Hbond substituents is 1. The molecular formula is C14H12N2O3S. The van der Waals surface area contributed by atoms with Gasteiger partial charge < -0.3 is 5.11 Å². The number of hydrogen-bond donors (Lipinski definition) is 1. The molecule has 0 radical (unpaired) electrons. The average Bonchev–Trinajstić information content (AvgIpc) is 2.46. The van der Waals surface area contributed by atoms with E-state index < -0.39 is 4.92 Å². The molecule has 6 heteroatoms. The molecule has 0 unspecified atom stereocenters. The Kier molecular flexibility index (Phi) is 4.37. The van der Waals surface area contributed by atoms with Crippen LogP contribution in [0.25, 0.3) is 0 Å². The van der Waals surface area contributed by atoms with Crippen molar-refractivity contribution in [1.82, 2.24) is 0 Å². The molecule has 2 aromatic rings. The van der Waals surface area contributed by atoms with E-state index in [9.17, 15) is 15.2 Å². The predicted octanol–water partition coefficient (Wildman–Crippen LogP) is 3.77. The molecule has 0 aliphatic rings. The van der Waals surface area contributed by atoms with E-state index in [0.717, 1.165) is 10.6 Å². The van der Waals surface area contributed by atoms with Crippen LogP contribution < -0.4 is 0 Å². The third-order valence-corrected chi connectivity index (χ3v) is 3.42. The van der Waals surface area contributed by atoms with Gasteiger partial charge in [0.05, 0.1) is 10.6 Å². The smallest absolute Gasteiger partial charge is 0.311 e. The van der Waals surface area contributed by atoms with E-state index >= 15 is 0 Å². The van der Waals surface area contributed by atoms with E-state index in [1.807, 2.05) is 30.5 Å². The quantitative estimate of drug-likeness (QED) is 0.402. The van der Waals surface area contributed by atoms with E-state index in [1.54, 1.807) is 24.0 Å². The van der Waals surface area contributed by atoms with Crippen LogP contribution in [0, 0.1) is 10.1 Å². The summed E-state index contributed by atoms with van der Waals surface area (Å²) in [6.45, 7) is 0. The van der Waals surface area contributed by atoms with Gasteiger partial charge in [0.2, 0.25) is 0 Å². The number of nitro benzene ring substituents is 1. The Balaban J connectivity index is 2.32. The number of nitro groups is 1. The van der Waals surface area contributed by atoms with Crippen LogP contribution in [-0.2, 0) is 0 Å². The number of thioether (sulfide) groups is 1. The van der Waals surface area contributed by atoms with E-state index in [0.29, 0.717) is 5.56 Å². The molecule has 0 aromatic heterocycles. The van der Waals surface area contributed by atoms with Gasteiger partial charge in [-0.25, -0.2) is 0 Å². The van der Waals surface area contributed by atoms with E-state index in [2.05, 4.69) is 4.99 Å². The Morgan fingerprint density at radius 1 is 1.30 bits per heavy atom. The van der Waals surface area contributed by atoms with Crippen molar-refractivity contribution in [1.29, 1.82) is 0 Å². The van der Waals surface area contributed by atoms with Crippen molar-refractivity contribution in [3.8, 4) is 5.75 Å². The topological polar surface area (TPSA) is 75.7 Å². The first-order valence-corrected chi connectivity index (χ1v) is 6.99. The lowest BCUT2D eigenvalue weighted by Gasteiger charge is -2.01. The minimum absolute atomic E-state index is 0.327. The average molecular weight is 288 g/mol. The second kappa shape index (κ2) is 6.21. The number of aromatic hydroxyl groups is 1. The molecule has 1 N–H and O–H groups in total. The Labute approximate surface area is 120 Å². The second-order valence-corrected chi connectivity index (χ2v) is 4.78. The van der Waals surface area contributed by atoms with Crippen LogP contribution >= 0.6 is 11.8 Å². The van der Waals surface area contributed by atoms with Crippen LogP contribution in [0.2, 0.25) is 0 Å². The molecule has 0 aliphatic heterocycles. The molecule has 0 fully saturated rings. The molecule has 0 aliphatic carbocycles. The lowest BCUT2D eigenvalue weighted by Crippen LogP contribution is -1.90. The molecule has 2 rings (SSSR count). The fraction of sp³-hybridized carbons (Fsp3) is 0.0714. The summed E-state index contributed by atoms with van der Waals surface area (Å²) in [5.74, 6) is -0.350. The Bertz CT molecular complexity index is 671. The van der Waals surface area contributed by atoms with Crippen molar-refractivity contribution in [2.75, 3.05) is 6.26 Å². The van der Waals surface area contributed by atoms with Crippen molar-refractivity contribution in [3.05, 3.63) is 58.1 Å². The monoisotopic (exact) mass is 288 g/mol. The lowest BCUT2D eigenvalue weighted by molar-refractivity contribution is -0.385. The summed E-state index contributed by atoms with van der Waals surface area (Å²) in [6, 6.07) is 11.8. The van der Waals surface area contributed by atoms with Crippen molar-refractivity contribution >= 4 is 29.4 Å². The third-order valence-electron chi connectivity index (χ3n) is 2.63. The summed E-state index contributed by atoms with van der Waals surface area (Å²) in [4.78, 5) is 15.5.